The van der Waals surface area contributed by atoms with Gasteiger partial charge in [0.2, 0.25) is 0 Å². The van der Waals surface area contributed by atoms with Gasteiger partial charge in [0.1, 0.15) is 10.8 Å². The van der Waals surface area contributed by atoms with Gasteiger partial charge < -0.3 is 0 Å². The van der Waals surface area contributed by atoms with Crippen LogP contribution in [0.2, 0.25) is 0 Å². The molecule has 5 nitrogen and oxygen atoms in total. The van der Waals surface area contributed by atoms with E-state index in [0.717, 1.165) is 38.3 Å². The SMILES string of the molecule is CCCC(=O)Cc1nc2cc(-c3cccnc3)cc(-c3ncccn3)c2s1. The van der Waals surface area contributed by atoms with Crippen molar-refractivity contribution in [2.75, 3.05) is 0 Å². The first-order valence-electron chi connectivity index (χ1n) is 8.87. The monoisotopic (exact) mass is 374 g/mol. The Morgan fingerprint density at radius 2 is 1.93 bits per heavy atom. The third kappa shape index (κ3) is 3.75. The Hall–Kier alpha value is -2.99. The van der Waals surface area contributed by atoms with E-state index in [0.29, 0.717) is 18.7 Å². The van der Waals surface area contributed by atoms with E-state index in [2.05, 4.69) is 21.0 Å². The molecule has 0 fully saturated rings. The fourth-order valence-corrected chi connectivity index (χ4v) is 4.08. The Balaban J connectivity index is 1.86. The predicted molar refractivity (Wildman–Crippen MR) is 107 cm³/mol. The molecule has 4 aromatic rings. The van der Waals surface area contributed by atoms with Crippen LogP contribution in [0.4, 0.5) is 0 Å². The topological polar surface area (TPSA) is 68.6 Å². The summed E-state index contributed by atoms with van der Waals surface area (Å²) in [4.78, 5) is 29.8. The number of fused-ring (bicyclic) bond motifs is 1. The molecular weight excluding hydrogens is 356 g/mol. The van der Waals surface area contributed by atoms with Gasteiger partial charge in [-0.3, -0.25) is 9.78 Å². The van der Waals surface area contributed by atoms with Gasteiger partial charge >= 0.3 is 0 Å². The Kier molecular flexibility index (Phi) is 4.98. The van der Waals surface area contributed by atoms with Crippen molar-refractivity contribution in [1.29, 1.82) is 0 Å². The first-order valence-corrected chi connectivity index (χ1v) is 9.69. The molecule has 4 rings (SSSR count). The molecule has 134 valence electrons. The van der Waals surface area contributed by atoms with E-state index in [9.17, 15) is 4.79 Å². The number of hydrogen-bond donors (Lipinski definition) is 0. The van der Waals surface area contributed by atoms with Crippen LogP contribution in [0.15, 0.2) is 55.1 Å². The summed E-state index contributed by atoms with van der Waals surface area (Å²) in [6.45, 7) is 2.02. The molecule has 0 bridgehead atoms. The van der Waals surface area contributed by atoms with Gasteiger partial charge in [0.15, 0.2) is 5.82 Å². The molecule has 3 aromatic heterocycles. The normalized spacial score (nSPS) is 11.0. The highest BCUT2D eigenvalue weighted by molar-refractivity contribution is 7.19. The number of carbonyl (C=O) groups is 1. The number of rotatable bonds is 6. The third-order valence-corrected chi connectivity index (χ3v) is 5.32. The maximum absolute atomic E-state index is 12.1. The smallest absolute Gasteiger partial charge is 0.160 e. The lowest BCUT2D eigenvalue weighted by Gasteiger charge is -2.06. The van der Waals surface area contributed by atoms with Crippen LogP contribution < -0.4 is 0 Å². The second-order valence-corrected chi connectivity index (χ2v) is 7.34. The summed E-state index contributed by atoms with van der Waals surface area (Å²) in [5, 5.41) is 0.837. The molecule has 0 radical (unpaired) electrons. The molecule has 0 saturated carbocycles. The summed E-state index contributed by atoms with van der Waals surface area (Å²) in [6.07, 6.45) is 8.88. The Morgan fingerprint density at radius 3 is 2.67 bits per heavy atom. The number of thiazole rings is 1. The highest BCUT2D eigenvalue weighted by Gasteiger charge is 2.16. The van der Waals surface area contributed by atoms with E-state index in [4.69, 9.17) is 4.98 Å². The maximum atomic E-state index is 12.1. The van der Waals surface area contributed by atoms with Gasteiger partial charge in [-0.25, -0.2) is 15.0 Å². The van der Waals surface area contributed by atoms with Gasteiger partial charge in [-0.15, -0.1) is 11.3 Å². The maximum Gasteiger partial charge on any atom is 0.160 e. The van der Waals surface area contributed by atoms with Crippen molar-refractivity contribution < 1.29 is 4.79 Å². The summed E-state index contributed by atoms with van der Waals surface area (Å²) in [5.74, 6) is 0.880. The van der Waals surface area contributed by atoms with Gasteiger partial charge in [-0.05, 0) is 36.2 Å². The Labute approximate surface area is 161 Å². The third-order valence-electron chi connectivity index (χ3n) is 4.21. The summed E-state index contributed by atoms with van der Waals surface area (Å²) in [7, 11) is 0. The zero-order valence-electron chi connectivity index (χ0n) is 14.9. The lowest BCUT2D eigenvalue weighted by molar-refractivity contribution is -0.118. The molecule has 0 N–H and O–H groups in total. The van der Waals surface area contributed by atoms with Crippen molar-refractivity contribution in [2.24, 2.45) is 0 Å². The van der Waals surface area contributed by atoms with Gasteiger partial charge in [-0.2, -0.15) is 0 Å². The largest absolute Gasteiger partial charge is 0.299 e. The van der Waals surface area contributed by atoms with E-state index >= 15 is 0 Å². The molecule has 0 aliphatic carbocycles. The number of hydrogen-bond acceptors (Lipinski definition) is 6. The molecule has 0 aliphatic heterocycles. The average molecular weight is 374 g/mol. The van der Waals surface area contributed by atoms with Crippen LogP contribution in [0.25, 0.3) is 32.7 Å². The van der Waals surface area contributed by atoms with Crippen molar-refractivity contribution in [1.82, 2.24) is 19.9 Å². The molecule has 3 heterocycles. The first kappa shape index (κ1) is 17.4. The number of aromatic nitrogens is 4. The molecule has 0 saturated heterocycles. The highest BCUT2D eigenvalue weighted by atomic mass is 32.1. The number of ketones is 1. The van der Waals surface area contributed by atoms with Gasteiger partial charge in [0.25, 0.3) is 0 Å². The standard InChI is InChI=1S/C21H18N4OS/c1-2-5-16(26)12-19-25-18-11-15(14-6-3-7-22-13-14)10-17(20(18)27-19)21-23-8-4-9-24-21/h3-4,6-11,13H,2,5,12H2,1H3. The number of Topliss-reactive ketones (excluding diaryl/α,β-unsaturated/α-hetero) is 1. The highest BCUT2D eigenvalue weighted by Crippen LogP contribution is 2.36. The van der Waals surface area contributed by atoms with E-state index < -0.39 is 0 Å². The van der Waals surface area contributed by atoms with Crippen LogP contribution in [0.1, 0.15) is 24.8 Å². The molecule has 0 unspecified atom stereocenters. The van der Waals surface area contributed by atoms with E-state index in [1.54, 1.807) is 36.0 Å². The van der Waals surface area contributed by atoms with E-state index in [-0.39, 0.29) is 5.78 Å². The van der Waals surface area contributed by atoms with Gasteiger partial charge in [0, 0.05) is 42.3 Å². The molecular formula is C21H18N4OS. The van der Waals surface area contributed by atoms with E-state index in [1.165, 1.54) is 0 Å². The molecule has 27 heavy (non-hydrogen) atoms. The van der Waals surface area contributed by atoms with Crippen molar-refractivity contribution in [2.45, 2.75) is 26.2 Å². The second-order valence-electron chi connectivity index (χ2n) is 6.26. The van der Waals surface area contributed by atoms with Crippen LogP contribution in [0.3, 0.4) is 0 Å². The Bertz CT molecular complexity index is 1080. The number of carbonyl (C=O) groups excluding carboxylic acids is 1. The van der Waals surface area contributed by atoms with Crippen molar-refractivity contribution in [3.05, 3.63) is 60.1 Å². The molecule has 0 spiro atoms. The van der Waals surface area contributed by atoms with Crippen LogP contribution >= 0.6 is 11.3 Å². The minimum absolute atomic E-state index is 0.224. The predicted octanol–water partition coefficient (Wildman–Crippen LogP) is 4.73. The van der Waals surface area contributed by atoms with Crippen molar-refractivity contribution >= 4 is 27.3 Å². The summed E-state index contributed by atoms with van der Waals surface area (Å²) in [6, 6.07) is 9.84. The first-order chi connectivity index (χ1) is 13.2. The van der Waals surface area contributed by atoms with Crippen LogP contribution in [0, 0.1) is 0 Å². The van der Waals surface area contributed by atoms with E-state index in [1.807, 2.05) is 31.3 Å². The molecule has 1 aromatic carbocycles. The van der Waals surface area contributed by atoms with Crippen molar-refractivity contribution in [3.63, 3.8) is 0 Å². The summed E-state index contributed by atoms with van der Waals surface area (Å²) in [5.41, 5.74) is 3.81. The number of nitrogens with zero attached hydrogens (tertiary/aromatic N) is 4. The fraction of sp³-hybridized carbons (Fsp3) is 0.190. The van der Waals surface area contributed by atoms with Crippen molar-refractivity contribution in [3.8, 4) is 22.5 Å². The lowest BCUT2D eigenvalue weighted by Crippen LogP contribution is -2.00. The molecule has 0 amide bonds. The van der Waals surface area contributed by atoms with Crippen LogP contribution in [-0.2, 0) is 11.2 Å². The van der Waals surface area contributed by atoms with Crippen LogP contribution in [0.5, 0.6) is 0 Å². The lowest BCUT2D eigenvalue weighted by atomic mass is 10.0. The average Bonchev–Trinajstić information content (AvgIpc) is 3.11. The Morgan fingerprint density at radius 1 is 1.07 bits per heavy atom. The summed E-state index contributed by atoms with van der Waals surface area (Å²) >= 11 is 1.55. The minimum atomic E-state index is 0.224. The van der Waals surface area contributed by atoms with Gasteiger partial charge in [-0.1, -0.05) is 13.0 Å². The quantitative estimate of drug-likeness (QED) is 0.488. The molecule has 6 heteroatoms. The zero-order chi connectivity index (χ0) is 18.6. The number of pyridine rings is 1. The summed E-state index contributed by atoms with van der Waals surface area (Å²) < 4.78 is 1.01. The molecule has 0 aliphatic rings. The minimum Gasteiger partial charge on any atom is -0.299 e. The fourth-order valence-electron chi connectivity index (χ4n) is 2.99. The number of benzene rings is 1. The van der Waals surface area contributed by atoms with Crippen LogP contribution in [-0.4, -0.2) is 25.7 Å². The zero-order valence-corrected chi connectivity index (χ0v) is 15.7. The second kappa shape index (κ2) is 7.72. The van der Waals surface area contributed by atoms with Gasteiger partial charge in [0.05, 0.1) is 16.6 Å². The molecule has 0 atom stereocenters.